The average Bonchev–Trinajstić information content (AvgIpc) is 3.20. The number of unbranched alkanes of at least 4 members (excludes halogenated alkanes) is 17. The molecule has 0 aliphatic rings. The van der Waals surface area contributed by atoms with E-state index in [1.807, 2.05) is 28.2 Å². The van der Waals surface area contributed by atoms with Gasteiger partial charge in [0.1, 0.15) is 39.5 Å². The maximum atomic E-state index is 12.1. The number of rotatable bonds is 43. The van der Waals surface area contributed by atoms with E-state index in [9.17, 15) is 39.0 Å². The second-order valence-electron chi connectivity index (χ2n) is 18.6. The molecule has 0 aromatic rings. The van der Waals surface area contributed by atoms with Gasteiger partial charge < -0.3 is 60.0 Å². The zero-order valence-electron chi connectivity index (χ0n) is 41.7. The molecule has 390 valence electrons. The summed E-state index contributed by atoms with van der Waals surface area (Å²) in [5.74, 6) is -1.74. The summed E-state index contributed by atoms with van der Waals surface area (Å²) < 4.78 is 31.8. The van der Waals surface area contributed by atoms with E-state index < -0.39 is 24.1 Å². The third-order valence-electron chi connectivity index (χ3n) is 10.9. The van der Waals surface area contributed by atoms with E-state index in [2.05, 4.69) is 0 Å². The summed E-state index contributed by atoms with van der Waals surface area (Å²) in [7, 11) is 7.41. The van der Waals surface area contributed by atoms with E-state index in [0.29, 0.717) is 61.0 Å². The Balaban J connectivity index is -0.0000198. The number of likely N-dealkylation sites (N-methyl/N-ethyl adjacent to an activating group) is 2. The van der Waals surface area contributed by atoms with Crippen molar-refractivity contribution in [1.82, 2.24) is 0 Å². The first-order chi connectivity index (χ1) is 30.4. The van der Waals surface area contributed by atoms with Gasteiger partial charge in [0, 0.05) is 26.7 Å². The highest BCUT2D eigenvalue weighted by Gasteiger charge is 2.23. The van der Waals surface area contributed by atoms with Crippen LogP contribution in [0.15, 0.2) is 0 Å². The molecular weight excluding hydrogens is 899 g/mol. The molecule has 2 N–H and O–H groups in total. The highest BCUT2D eigenvalue weighted by atomic mass is 35.5. The zero-order valence-corrected chi connectivity index (χ0v) is 43.2. The molecule has 0 bridgehead atoms. The fourth-order valence-electron chi connectivity index (χ4n) is 6.86. The van der Waals surface area contributed by atoms with Crippen molar-refractivity contribution in [2.45, 2.75) is 180 Å². The van der Waals surface area contributed by atoms with Gasteiger partial charge >= 0.3 is 35.8 Å². The summed E-state index contributed by atoms with van der Waals surface area (Å²) in [6.45, 7) is 5.32. The quantitative estimate of drug-likeness (QED) is 0.0386. The van der Waals surface area contributed by atoms with Crippen molar-refractivity contribution in [3.63, 3.8) is 0 Å². The van der Waals surface area contributed by atoms with Crippen molar-refractivity contribution < 1.29 is 88.8 Å². The van der Waals surface area contributed by atoms with Crippen molar-refractivity contribution in [2.75, 3.05) is 94.0 Å². The summed E-state index contributed by atoms with van der Waals surface area (Å²) >= 11 is 0. The van der Waals surface area contributed by atoms with Gasteiger partial charge in [0.25, 0.3) is 0 Å². The number of ether oxygens (including phenoxy) is 6. The first kappa shape index (κ1) is 67.5. The number of hydrogen-bond donors (Lipinski definition) is 2. The number of quaternary nitrogens is 2. The van der Waals surface area contributed by atoms with E-state index in [-0.39, 0.29) is 88.2 Å². The van der Waals surface area contributed by atoms with Crippen molar-refractivity contribution in [3.8, 4) is 0 Å². The average molecular weight is 991 g/mol. The van der Waals surface area contributed by atoms with Crippen LogP contribution >= 0.6 is 12.4 Å². The van der Waals surface area contributed by atoms with Gasteiger partial charge in [-0.2, -0.15) is 0 Å². The number of carbonyl (C=O) groups excluding carboxylic acids is 6. The van der Waals surface area contributed by atoms with Gasteiger partial charge in [0.05, 0.1) is 53.6 Å². The molecule has 0 aromatic heterocycles. The Bertz CT molecular complexity index is 1180. The maximum absolute atomic E-state index is 12.1. The lowest BCUT2D eigenvalue weighted by Gasteiger charge is -2.28. The second kappa shape index (κ2) is 43.5. The van der Waals surface area contributed by atoms with E-state index in [1.54, 1.807) is 0 Å². The molecule has 66 heavy (non-hydrogen) atoms. The largest absolute Gasteiger partial charge is 1.00 e. The molecule has 2 unspecified atom stereocenters. The smallest absolute Gasteiger partial charge is 0.361 e. The number of aliphatic hydroxyl groups is 2. The molecule has 0 rings (SSSR count). The Morgan fingerprint density at radius 2 is 0.682 bits per heavy atom. The first-order valence-electron chi connectivity index (χ1n) is 24.3. The zero-order chi connectivity index (χ0) is 47.9. The Morgan fingerprint density at radius 1 is 0.394 bits per heavy atom. The maximum Gasteiger partial charge on any atom is 0.361 e. The Labute approximate surface area is 409 Å². The van der Waals surface area contributed by atoms with E-state index >= 15 is 0 Å². The highest BCUT2D eigenvalue weighted by Crippen LogP contribution is 2.14. The molecule has 0 amide bonds. The minimum atomic E-state index is -0.689. The van der Waals surface area contributed by atoms with E-state index in [0.717, 1.165) is 128 Å². The number of aliphatic hydroxyl groups excluding tert-OH is 2. The Morgan fingerprint density at radius 3 is 1.00 bits per heavy atom. The molecule has 0 aromatic carbocycles. The van der Waals surface area contributed by atoms with Crippen LogP contribution in [0.1, 0.15) is 168 Å². The summed E-state index contributed by atoms with van der Waals surface area (Å²) in [5, 5.41) is 20.3. The first-order valence-corrected chi connectivity index (χ1v) is 24.3. The third kappa shape index (κ3) is 47.7. The summed E-state index contributed by atoms with van der Waals surface area (Å²) in [4.78, 5) is 70.2. The SMILES string of the molecule is CC(=O)OCC[N+](C)(C)CC(=O)OCC(O)CCCCCCCCC(=O)OCCCCCCCCCCOC(=O)CCCCCCCCC(O)COC(=O)C[N+](C)(C)CCOC(C)=O.Cl.[Cl-]. The minimum Gasteiger partial charge on any atom is -1.00 e. The standard InChI is InChI=1S/C48H90N2O14.2ClH/c1-41(51)59-35-31-49(3,4)37-47(57)63-39-43(53)27-21-15-9-11-17-23-29-45(55)61-33-25-19-13-7-8-14-20-26-34-62-46(56)30-24-18-12-10-16-22-28-44(54)40-64-48(58)38-50(5,6)32-36-60-42(2)52;;/h43-44,53-54H,7-40H2,1-6H3;2*1H/q+2;;/p-1. The van der Waals surface area contributed by atoms with Gasteiger partial charge in [0.2, 0.25) is 0 Å². The van der Waals surface area contributed by atoms with Gasteiger partial charge in [-0.15, -0.1) is 12.4 Å². The van der Waals surface area contributed by atoms with Crippen LogP contribution in [0, 0.1) is 0 Å². The molecule has 0 saturated carbocycles. The van der Waals surface area contributed by atoms with Crippen LogP contribution in [-0.4, -0.2) is 161 Å². The van der Waals surface area contributed by atoms with Crippen molar-refractivity contribution in [2.24, 2.45) is 0 Å². The van der Waals surface area contributed by atoms with Gasteiger partial charge in [-0.05, 0) is 38.5 Å². The summed E-state index contributed by atoms with van der Waals surface area (Å²) in [6.07, 6.45) is 20.3. The van der Waals surface area contributed by atoms with Crippen LogP contribution in [-0.2, 0) is 57.2 Å². The fraction of sp³-hybridized carbons (Fsp3) is 0.875. The highest BCUT2D eigenvalue weighted by molar-refractivity contribution is 5.85. The number of carbonyl (C=O) groups is 6. The second-order valence-corrected chi connectivity index (χ2v) is 18.6. The van der Waals surface area contributed by atoms with Crippen molar-refractivity contribution in [3.05, 3.63) is 0 Å². The molecule has 0 radical (unpaired) electrons. The lowest BCUT2D eigenvalue weighted by atomic mass is 10.1. The van der Waals surface area contributed by atoms with E-state index in [4.69, 9.17) is 28.4 Å². The molecule has 0 saturated heterocycles. The number of halogens is 2. The van der Waals surface area contributed by atoms with Crippen LogP contribution in [0.25, 0.3) is 0 Å². The molecule has 18 heteroatoms. The van der Waals surface area contributed by atoms with Gasteiger partial charge in [-0.1, -0.05) is 103 Å². The topological polar surface area (TPSA) is 198 Å². The molecule has 16 nitrogen and oxygen atoms in total. The van der Waals surface area contributed by atoms with Crippen LogP contribution in [0.5, 0.6) is 0 Å². The predicted molar refractivity (Wildman–Crippen MR) is 251 cm³/mol. The molecule has 0 heterocycles. The van der Waals surface area contributed by atoms with Gasteiger partial charge in [-0.3, -0.25) is 19.2 Å². The normalized spacial score (nSPS) is 12.2. The molecule has 2 atom stereocenters. The summed E-state index contributed by atoms with van der Waals surface area (Å²) in [5.41, 5.74) is 0. The summed E-state index contributed by atoms with van der Waals surface area (Å²) in [6, 6.07) is 0. The molecule has 0 fully saturated rings. The van der Waals surface area contributed by atoms with Crippen LogP contribution in [0.2, 0.25) is 0 Å². The lowest BCUT2D eigenvalue weighted by Crippen LogP contribution is -3.00. The van der Waals surface area contributed by atoms with Gasteiger partial charge in [0.15, 0.2) is 13.1 Å². The molecule has 0 aliphatic carbocycles. The molecule has 0 aliphatic heterocycles. The Hall–Kier alpha value is -2.76. The molecule has 0 spiro atoms. The van der Waals surface area contributed by atoms with Crippen molar-refractivity contribution >= 4 is 48.2 Å². The lowest BCUT2D eigenvalue weighted by molar-refractivity contribution is -0.883. The number of hydrogen-bond acceptors (Lipinski definition) is 14. The number of nitrogens with zero attached hydrogens (tertiary/aromatic N) is 2. The fourth-order valence-corrected chi connectivity index (χ4v) is 6.86. The van der Waals surface area contributed by atoms with E-state index in [1.165, 1.54) is 13.8 Å². The van der Waals surface area contributed by atoms with Crippen LogP contribution < -0.4 is 12.4 Å². The minimum absolute atomic E-state index is 0. The van der Waals surface area contributed by atoms with Crippen molar-refractivity contribution in [1.29, 1.82) is 0 Å². The van der Waals surface area contributed by atoms with Crippen LogP contribution in [0.4, 0.5) is 0 Å². The van der Waals surface area contributed by atoms with Crippen LogP contribution in [0.3, 0.4) is 0 Å². The number of esters is 6. The Kier molecular flexibility index (Phi) is 44.5. The monoisotopic (exact) mass is 990 g/mol. The van der Waals surface area contributed by atoms with Gasteiger partial charge in [-0.25, -0.2) is 9.59 Å². The third-order valence-corrected chi connectivity index (χ3v) is 10.9. The molecular formula is C48H91Cl2N2O14+. The predicted octanol–water partition coefficient (Wildman–Crippen LogP) is 3.95.